The van der Waals surface area contributed by atoms with Crippen LogP contribution >= 0.6 is 0 Å². The number of rotatable bonds is 3. The smallest absolute Gasteiger partial charge is 0.379 e. The van der Waals surface area contributed by atoms with Crippen molar-refractivity contribution in [2.75, 3.05) is 26.3 Å². The molecular formula is C17H18F3N3O4S. The first-order valence-electron chi connectivity index (χ1n) is 8.39. The van der Waals surface area contributed by atoms with Gasteiger partial charge in [0.2, 0.25) is 10.0 Å². The summed E-state index contributed by atoms with van der Waals surface area (Å²) in [6.07, 6.45) is -4.60. The number of halogens is 3. The number of carbonyl (C=O) groups excluding carboxylic acids is 1. The van der Waals surface area contributed by atoms with Gasteiger partial charge in [-0.25, -0.2) is 8.42 Å². The van der Waals surface area contributed by atoms with Crippen LogP contribution in [-0.4, -0.2) is 54.7 Å². The van der Waals surface area contributed by atoms with Gasteiger partial charge in [-0.2, -0.15) is 27.3 Å². The highest BCUT2D eigenvalue weighted by Crippen LogP contribution is 2.30. The Morgan fingerprint density at radius 1 is 1.18 bits per heavy atom. The lowest BCUT2D eigenvalue weighted by molar-refractivity contribution is -0.137. The molecule has 1 fully saturated rings. The van der Waals surface area contributed by atoms with Crippen molar-refractivity contribution < 1.29 is 31.1 Å². The SMILES string of the molecule is Cc1nn(C(=O)c2cccc(C(F)(F)F)c2)c(C)c1S(=O)(=O)N1CCOCC1. The Morgan fingerprint density at radius 2 is 1.82 bits per heavy atom. The molecule has 1 saturated heterocycles. The van der Waals surface area contributed by atoms with E-state index in [1.807, 2.05) is 0 Å². The maximum atomic E-state index is 12.9. The third kappa shape index (κ3) is 3.69. The Kier molecular flexibility index (Phi) is 5.34. The summed E-state index contributed by atoms with van der Waals surface area (Å²) in [5.74, 6) is -0.838. The average molecular weight is 417 g/mol. The summed E-state index contributed by atoms with van der Waals surface area (Å²) in [7, 11) is -3.91. The summed E-state index contributed by atoms with van der Waals surface area (Å²) in [6, 6.07) is 3.92. The first kappa shape index (κ1) is 20.5. The predicted octanol–water partition coefficient (Wildman–Crippen LogP) is 2.23. The lowest BCUT2D eigenvalue weighted by atomic mass is 10.1. The molecule has 0 unspecified atom stereocenters. The highest BCUT2D eigenvalue weighted by atomic mass is 32.2. The van der Waals surface area contributed by atoms with Crippen LogP contribution in [0.5, 0.6) is 0 Å². The van der Waals surface area contributed by atoms with Crippen molar-refractivity contribution >= 4 is 15.9 Å². The topological polar surface area (TPSA) is 81.5 Å². The number of nitrogens with zero attached hydrogens (tertiary/aromatic N) is 3. The molecule has 3 rings (SSSR count). The highest BCUT2D eigenvalue weighted by molar-refractivity contribution is 7.89. The number of sulfonamides is 1. The van der Waals surface area contributed by atoms with Gasteiger partial charge in [-0.15, -0.1) is 0 Å². The molecule has 1 aliphatic heterocycles. The molecule has 0 aliphatic carbocycles. The van der Waals surface area contributed by atoms with Crippen molar-refractivity contribution in [3.63, 3.8) is 0 Å². The minimum absolute atomic E-state index is 0.0476. The van der Waals surface area contributed by atoms with Crippen LogP contribution in [0.15, 0.2) is 29.2 Å². The van der Waals surface area contributed by atoms with E-state index in [9.17, 15) is 26.4 Å². The van der Waals surface area contributed by atoms with Crippen LogP contribution in [0.1, 0.15) is 27.3 Å². The zero-order chi connectivity index (χ0) is 20.7. The summed E-state index contributed by atoms with van der Waals surface area (Å²) in [5, 5.41) is 3.99. The number of alkyl halides is 3. The molecule has 0 spiro atoms. The Labute approximate surface area is 159 Å². The summed E-state index contributed by atoms with van der Waals surface area (Å²) in [5.41, 5.74) is -1.06. The van der Waals surface area contributed by atoms with Gasteiger partial charge in [-0.1, -0.05) is 6.07 Å². The lowest BCUT2D eigenvalue weighted by Gasteiger charge is -2.26. The van der Waals surface area contributed by atoms with Gasteiger partial charge in [-0.3, -0.25) is 4.79 Å². The van der Waals surface area contributed by atoms with E-state index in [1.54, 1.807) is 0 Å². The molecule has 0 N–H and O–H groups in total. The second-order valence-corrected chi connectivity index (χ2v) is 8.19. The Bertz CT molecular complexity index is 1010. The van der Waals surface area contributed by atoms with Gasteiger partial charge in [0.25, 0.3) is 5.91 Å². The molecular weight excluding hydrogens is 399 g/mol. The van der Waals surface area contributed by atoms with Gasteiger partial charge in [0, 0.05) is 18.7 Å². The van der Waals surface area contributed by atoms with Crippen LogP contribution in [0.25, 0.3) is 0 Å². The first-order valence-corrected chi connectivity index (χ1v) is 9.83. The van der Waals surface area contributed by atoms with Gasteiger partial charge in [0.05, 0.1) is 30.2 Å². The van der Waals surface area contributed by atoms with E-state index in [4.69, 9.17) is 4.74 Å². The number of ether oxygens (including phenoxy) is 1. The quantitative estimate of drug-likeness (QED) is 0.765. The van der Waals surface area contributed by atoms with E-state index in [1.165, 1.54) is 24.2 Å². The first-order chi connectivity index (χ1) is 13.0. The zero-order valence-electron chi connectivity index (χ0n) is 15.2. The summed E-state index contributed by atoms with van der Waals surface area (Å²) in [6.45, 7) is 3.71. The number of carbonyl (C=O) groups is 1. The average Bonchev–Trinajstić information content (AvgIpc) is 2.96. The van der Waals surface area contributed by atoms with Gasteiger partial charge in [0.1, 0.15) is 4.90 Å². The van der Waals surface area contributed by atoms with Gasteiger partial charge in [-0.05, 0) is 32.0 Å². The van der Waals surface area contributed by atoms with Gasteiger partial charge >= 0.3 is 6.18 Å². The highest BCUT2D eigenvalue weighted by Gasteiger charge is 2.34. The molecule has 152 valence electrons. The molecule has 1 aromatic carbocycles. The molecule has 2 heterocycles. The molecule has 0 bridgehead atoms. The third-order valence-corrected chi connectivity index (χ3v) is 6.57. The molecule has 7 nitrogen and oxygen atoms in total. The number of morpholine rings is 1. The summed E-state index contributed by atoms with van der Waals surface area (Å²) >= 11 is 0. The molecule has 0 amide bonds. The van der Waals surface area contributed by atoms with Crippen molar-refractivity contribution in [2.45, 2.75) is 24.9 Å². The van der Waals surface area contributed by atoms with Crippen molar-refractivity contribution in [1.82, 2.24) is 14.1 Å². The number of aryl methyl sites for hydroxylation is 1. The number of benzene rings is 1. The molecule has 28 heavy (non-hydrogen) atoms. The lowest BCUT2D eigenvalue weighted by Crippen LogP contribution is -2.41. The van der Waals surface area contributed by atoms with Crippen LogP contribution in [0.2, 0.25) is 0 Å². The number of hydrogen-bond acceptors (Lipinski definition) is 5. The maximum Gasteiger partial charge on any atom is 0.416 e. The minimum atomic E-state index is -4.60. The minimum Gasteiger partial charge on any atom is -0.379 e. The Morgan fingerprint density at radius 3 is 2.43 bits per heavy atom. The largest absolute Gasteiger partial charge is 0.416 e. The van der Waals surface area contributed by atoms with Gasteiger partial charge in [0.15, 0.2) is 0 Å². The van der Waals surface area contributed by atoms with Crippen LogP contribution in [-0.2, 0) is 20.9 Å². The number of aromatic nitrogens is 2. The Balaban J connectivity index is 2.01. The molecule has 1 aromatic heterocycles. The molecule has 11 heteroatoms. The monoisotopic (exact) mass is 417 g/mol. The molecule has 0 saturated carbocycles. The third-order valence-electron chi connectivity index (χ3n) is 4.42. The normalized spacial score (nSPS) is 16.3. The predicted molar refractivity (Wildman–Crippen MR) is 92.5 cm³/mol. The van der Waals surface area contributed by atoms with Crippen LogP contribution in [0.3, 0.4) is 0 Å². The standard InChI is InChI=1S/C17H18F3N3O4S/c1-11-15(28(25,26)22-6-8-27-9-7-22)12(2)23(21-11)16(24)13-4-3-5-14(10-13)17(18,19)20/h3-5,10H,6-9H2,1-2H3. The van der Waals surface area contributed by atoms with Crippen molar-refractivity contribution in [1.29, 1.82) is 0 Å². The fraction of sp³-hybridized carbons (Fsp3) is 0.412. The number of hydrogen-bond donors (Lipinski definition) is 0. The van der Waals surface area contributed by atoms with Gasteiger partial charge < -0.3 is 4.74 Å². The second-order valence-electron chi connectivity index (χ2n) is 6.31. The molecule has 0 radical (unpaired) electrons. The van der Waals surface area contributed by atoms with E-state index in [0.717, 1.165) is 22.9 Å². The maximum absolute atomic E-state index is 12.9. The fourth-order valence-corrected chi connectivity index (χ4v) is 4.83. The molecule has 0 atom stereocenters. The van der Waals surface area contributed by atoms with E-state index in [2.05, 4.69) is 5.10 Å². The van der Waals surface area contributed by atoms with E-state index in [-0.39, 0.29) is 48.2 Å². The van der Waals surface area contributed by atoms with E-state index in [0.29, 0.717) is 0 Å². The van der Waals surface area contributed by atoms with Crippen molar-refractivity contribution in [3.8, 4) is 0 Å². The fourth-order valence-electron chi connectivity index (χ4n) is 3.07. The zero-order valence-corrected chi connectivity index (χ0v) is 16.0. The molecule has 1 aliphatic rings. The molecule has 2 aromatic rings. The summed E-state index contributed by atoms with van der Waals surface area (Å²) in [4.78, 5) is 12.6. The second kappa shape index (κ2) is 7.30. The van der Waals surface area contributed by atoms with Crippen molar-refractivity contribution in [2.24, 2.45) is 0 Å². The van der Waals surface area contributed by atoms with Crippen LogP contribution in [0, 0.1) is 13.8 Å². The van der Waals surface area contributed by atoms with Crippen LogP contribution < -0.4 is 0 Å². The van der Waals surface area contributed by atoms with Crippen molar-refractivity contribution in [3.05, 3.63) is 46.8 Å². The van der Waals surface area contributed by atoms with Crippen LogP contribution in [0.4, 0.5) is 13.2 Å². The Hall–Kier alpha value is -2.24. The summed E-state index contributed by atoms with van der Waals surface area (Å²) < 4.78 is 71.9. The van der Waals surface area contributed by atoms with E-state index < -0.39 is 27.7 Å². The van der Waals surface area contributed by atoms with E-state index >= 15 is 0 Å².